The number of rotatable bonds is 4. The maximum absolute atomic E-state index is 13.9. The van der Waals surface area contributed by atoms with Crippen LogP contribution in [0.3, 0.4) is 0 Å². The molecular formula is C34H34N2O2. The summed E-state index contributed by atoms with van der Waals surface area (Å²) in [5.41, 5.74) is 10.7. The summed E-state index contributed by atoms with van der Waals surface area (Å²) in [5.74, 6) is -0.0556. The van der Waals surface area contributed by atoms with Crippen molar-refractivity contribution in [3.05, 3.63) is 128 Å². The summed E-state index contributed by atoms with van der Waals surface area (Å²) in [7, 11) is 0. The van der Waals surface area contributed by atoms with Crippen LogP contribution in [0.25, 0.3) is 0 Å². The lowest BCUT2D eigenvalue weighted by Crippen LogP contribution is -2.24. The summed E-state index contributed by atoms with van der Waals surface area (Å²) in [6, 6.07) is 10.9. The predicted molar refractivity (Wildman–Crippen MR) is 157 cm³/mol. The van der Waals surface area contributed by atoms with Crippen LogP contribution in [-0.4, -0.2) is 11.6 Å². The molecule has 0 saturated heterocycles. The van der Waals surface area contributed by atoms with E-state index in [1.165, 1.54) is 16.7 Å². The topological polar surface area (TPSA) is 58.2 Å². The van der Waals surface area contributed by atoms with Gasteiger partial charge in [-0.3, -0.25) is 9.59 Å². The van der Waals surface area contributed by atoms with Gasteiger partial charge in [0.15, 0.2) is 11.6 Å². The molecule has 5 rings (SSSR count). The monoisotopic (exact) mass is 502 g/mol. The minimum atomic E-state index is -0.145. The molecule has 0 bridgehead atoms. The lowest BCUT2D eigenvalue weighted by molar-refractivity contribution is 0.0980. The van der Waals surface area contributed by atoms with Crippen molar-refractivity contribution in [1.29, 1.82) is 0 Å². The fourth-order valence-electron chi connectivity index (χ4n) is 5.67. The van der Waals surface area contributed by atoms with Gasteiger partial charge in [0.1, 0.15) is 0 Å². The normalized spacial score (nSPS) is 19.2. The molecule has 2 aromatic carbocycles. The Bertz CT molecular complexity index is 1570. The van der Waals surface area contributed by atoms with E-state index in [0.29, 0.717) is 33.6 Å². The number of fused-ring (bicyclic) bond motifs is 2. The van der Waals surface area contributed by atoms with Crippen LogP contribution in [0.15, 0.2) is 106 Å². The molecule has 0 heterocycles. The van der Waals surface area contributed by atoms with Gasteiger partial charge < -0.3 is 10.6 Å². The van der Waals surface area contributed by atoms with Gasteiger partial charge in [-0.25, -0.2) is 0 Å². The van der Waals surface area contributed by atoms with Crippen molar-refractivity contribution in [3.8, 4) is 0 Å². The predicted octanol–water partition coefficient (Wildman–Crippen LogP) is 8.28. The zero-order chi connectivity index (χ0) is 27.1. The molecule has 4 nitrogen and oxygen atoms in total. The molecule has 1 atom stereocenters. The van der Waals surface area contributed by atoms with Gasteiger partial charge in [0.05, 0.1) is 22.5 Å². The molecule has 2 N–H and O–H groups in total. The molecular weight excluding hydrogens is 468 g/mol. The molecule has 4 heteroatoms. The highest BCUT2D eigenvalue weighted by atomic mass is 16.1. The zero-order valence-corrected chi connectivity index (χ0v) is 23.0. The lowest BCUT2D eigenvalue weighted by Gasteiger charge is -2.25. The molecule has 0 aromatic heterocycles. The van der Waals surface area contributed by atoms with Gasteiger partial charge in [-0.05, 0) is 76.3 Å². The molecule has 1 unspecified atom stereocenters. The quantitative estimate of drug-likeness (QED) is 0.377. The van der Waals surface area contributed by atoms with E-state index in [4.69, 9.17) is 0 Å². The minimum Gasteiger partial charge on any atom is -0.355 e. The minimum absolute atomic E-state index is 0.145. The van der Waals surface area contributed by atoms with Gasteiger partial charge in [0, 0.05) is 22.5 Å². The zero-order valence-electron chi connectivity index (χ0n) is 23.0. The van der Waals surface area contributed by atoms with Crippen LogP contribution in [0.5, 0.6) is 0 Å². The maximum Gasteiger partial charge on any atom is 0.196 e. The number of hydrogen-bond acceptors (Lipinski definition) is 4. The summed E-state index contributed by atoms with van der Waals surface area (Å²) < 4.78 is 0. The molecule has 0 saturated carbocycles. The molecule has 0 spiro atoms. The van der Waals surface area contributed by atoms with Crippen LogP contribution < -0.4 is 10.6 Å². The smallest absolute Gasteiger partial charge is 0.196 e. The lowest BCUT2D eigenvalue weighted by atomic mass is 9.82. The fraction of sp³-hybridized carbons (Fsp3) is 0.235. The van der Waals surface area contributed by atoms with E-state index < -0.39 is 0 Å². The number of ketones is 2. The highest BCUT2D eigenvalue weighted by Crippen LogP contribution is 2.39. The number of benzene rings is 2. The molecule has 0 fully saturated rings. The van der Waals surface area contributed by atoms with Crippen molar-refractivity contribution in [2.24, 2.45) is 5.92 Å². The van der Waals surface area contributed by atoms with Crippen molar-refractivity contribution < 1.29 is 9.59 Å². The number of anilines is 2. The average Bonchev–Trinajstić information content (AvgIpc) is 3.06. The highest BCUT2D eigenvalue weighted by molar-refractivity contribution is 6.32. The summed E-state index contributed by atoms with van der Waals surface area (Å²) >= 11 is 0. The first-order valence-corrected chi connectivity index (χ1v) is 13.2. The summed E-state index contributed by atoms with van der Waals surface area (Å²) in [4.78, 5) is 27.9. The number of hydrogen-bond donors (Lipinski definition) is 2. The average molecular weight is 503 g/mol. The molecule has 0 amide bonds. The summed E-state index contributed by atoms with van der Waals surface area (Å²) in [5, 5.41) is 7.04. The Kier molecular flexibility index (Phi) is 6.66. The molecule has 3 aliphatic rings. The van der Waals surface area contributed by atoms with Gasteiger partial charge in [-0.1, -0.05) is 72.2 Å². The van der Waals surface area contributed by atoms with Crippen LogP contribution >= 0.6 is 0 Å². The Morgan fingerprint density at radius 3 is 1.92 bits per heavy atom. The number of nitrogens with one attached hydrogen (secondary N) is 2. The highest BCUT2D eigenvalue weighted by Gasteiger charge is 2.34. The Balaban J connectivity index is 1.66. The maximum atomic E-state index is 13.9. The first-order valence-electron chi connectivity index (χ1n) is 13.2. The Hall–Kier alpha value is -4.18. The van der Waals surface area contributed by atoms with Crippen LogP contribution in [-0.2, 0) is 0 Å². The second-order valence-electron chi connectivity index (χ2n) is 10.8. The van der Waals surface area contributed by atoms with Crippen LogP contribution in [0, 0.1) is 5.92 Å². The molecule has 3 aliphatic carbocycles. The molecule has 2 aromatic rings. The van der Waals surface area contributed by atoms with Crippen molar-refractivity contribution >= 4 is 22.9 Å². The number of carbonyl (C=O) groups excluding carboxylic acids is 2. The van der Waals surface area contributed by atoms with E-state index in [0.717, 1.165) is 29.0 Å². The SMILES string of the molecule is CC1=CC(C)C=C(Nc2ccc(NC3=C(C)C=C(C)CC(C)=C3)c3c2C(=O)c2ccccc2C3=O)C(C)=C1. The Labute approximate surface area is 225 Å². The second-order valence-corrected chi connectivity index (χ2v) is 10.8. The first kappa shape index (κ1) is 25.5. The Morgan fingerprint density at radius 2 is 1.29 bits per heavy atom. The molecule has 0 aliphatic heterocycles. The van der Waals surface area contributed by atoms with Gasteiger partial charge in [0.2, 0.25) is 0 Å². The van der Waals surface area contributed by atoms with E-state index in [9.17, 15) is 9.59 Å². The van der Waals surface area contributed by atoms with Gasteiger partial charge in [-0.2, -0.15) is 0 Å². The van der Waals surface area contributed by atoms with Crippen LogP contribution in [0.4, 0.5) is 11.4 Å². The molecule has 0 radical (unpaired) electrons. The fourth-order valence-corrected chi connectivity index (χ4v) is 5.67. The standard InChI is InChI=1S/C34H34N2O2/c1-19-13-21(3)17-29(23(5)15-19)35-27-11-12-28(36-30-18-22(4)14-20(2)16-24(30)6)32-31(27)33(37)25-9-7-8-10-26(25)34(32)38/h7-13,15-18,21,35-36H,14H2,1-6H3. The van der Waals surface area contributed by atoms with Crippen LogP contribution in [0.2, 0.25) is 0 Å². The summed E-state index contributed by atoms with van der Waals surface area (Å²) in [6.45, 7) is 12.6. The van der Waals surface area contributed by atoms with E-state index in [1.54, 1.807) is 12.1 Å². The first-order chi connectivity index (χ1) is 18.1. The van der Waals surface area contributed by atoms with Gasteiger partial charge >= 0.3 is 0 Å². The third kappa shape index (κ3) is 4.74. The van der Waals surface area contributed by atoms with E-state index in [2.05, 4.69) is 82.6 Å². The Morgan fingerprint density at radius 1 is 0.711 bits per heavy atom. The van der Waals surface area contributed by atoms with Crippen molar-refractivity contribution in [3.63, 3.8) is 0 Å². The third-order valence-electron chi connectivity index (χ3n) is 7.27. The van der Waals surface area contributed by atoms with Gasteiger partial charge in [0.25, 0.3) is 0 Å². The van der Waals surface area contributed by atoms with Crippen molar-refractivity contribution in [2.75, 3.05) is 10.6 Å². The summed E-state index contributed by atoms with van der Waals surface area (Å²) in [6.07, 6.45) is 11.7. The second kappa shape index (κ2) is 9.94. The number of allylic oxidation sites excluding steroid dienone is 10. The van der Waals surface area contributed by atoms with Crippen molar-refractivity contribution in [1.82, 2.24) is 0 Å². The largest absolute Gasteiger partial charge is 0.355 e. The van der Waals surface area contributed by atoms with E-state index >= 15 is 0 Å². The van der Waals surface area contributed by atoms with E-state index in [1.807, 2.05) is 24.3 Å². The third-order valence-corrected chi connectivity index (χ3v) is 7.27. The number of carbonyl (C=O) groups is 2. The van der Waals surface area contributed by atoms with E-state index in [-0.39, 0.29) is 17.5 Å². The van der Waals surface area contributed by atoms with Gasteiger partial charge in [-0.15, -0.1) is 0 Å². The van der Waals surface area contributed by atoms with Crippen molar-refractivity contribution in [2.45, 2.75) is 48.0 Å². The molecule has 192 valence electrons. The van der Waals surface area contributed by atoms with Crippen LogP contribution in [0.1, 0.15) is 79.8 Å². The molecule has 38 heavy (non-hydrogen) atoms.